The van der Waals surface area contributed by atoms with E-state index in [1.54, 1.807) is 66.0 Å². The first-order valence-electron chi connectivity index (χ1n) is 19.5. The van der Waals surface area contributed by atoms with Crippen LogP contribution in [0.2, 0.25) is 0 Å². The van der Waals surface area contributed by atoms with Crippen LogP contribution in [-0.4, -0.2) is 58.5 Å². The second-order valence-electron chi connectivity index (χ2n) is 14.6. The Balaban J connectivity index is 0.000000240. The zero-order valence-corrected chi connectivity index (χ0v) is 42.1. The van der Waals surface area contributed by atoms with Crippen LogP contribution in [0.3, 0.4) is 0 Å². The zero-order valence-electron chi connectivity index (χ0n) is 34.2. The van der Waals surface area contributed by atoms with Crippen molar-refractivity contribution < 1.29 is 70.8 Å². The summed E-state index contributed by atoms with van der Waals surface area (Å²) in [6.45, 7) is 3.27. The van der Waals surface area contributed by atoms with Crippen LogP contribution < -0.4 is 27.6 Å². The summed E-state index contributed by atoms with van der Waals surface area (Å²) in [4.78, 5) is 74.5. The number of esters is 2. The standard InChI is InChI=1S/2C24H17Br2NO5.CH4.BrH/c2*1-12(28)32-9-8-13-10-16(25)22(17(26)11-13)27-18-6-7-19(29)21-20(18)23(30)14-4-2-3-5-15(14)24(21)31;;/h2*2-7,10-11,27,29H,8-9H2,1H3;1H4;1H. The fourth-order valence-electron chi connectivity index (χ4n) is 7.38. The molecule has 6 aromatic carbocycles. The largest absolute Gasteiger partial charge is 1.00 e. The smallest absolute Gasteiger partial charge is 0.302 e. The number of benzene rings is 6. The van der Waals surface area contributed by atoms with Gasteiger partial charge in [0.05, 0.1) is 55.8 Å². The number of hydrogen-bond acceptors (Lipinski definition) is 11. The highest BCUT2D eigenvalue weighted by atomic mass is 79.9. The van der Waals surface area contributed by atoms with Gasteiger partial charge in [-0.05, 0) is 117 Å². The van der Waals surface area contributed by atoms with Crippen LogP contribution in [0.4, 0.5) is 22.7 Å². The maximum absolute atomic E-state index is 13.3. The van der Waals surface area contributed by atoms with E-state index in [0.29, 0.717) is 50.0 Å². The molecule has 0 unspecified atom stereocenters. The lowest BCUT2D eigenvalue weighted by atomic mass is 9.82. The minimum Gasteiger partial charge on any atom is -1.00 e. The van der Waals surface area contributed by atoms with Gasteiger partial charge in [0.1, 0.15) is 17.2 Å². The summed E-state index contributed by atoms with van der Waals surface area (Å²) in [6, 6.07) is 26.8. The number of fused-ring (bicyclic) bond motifs is 4. The molecule has 0 saturated heterocycles. The lowest BCUT2D eigenvalue weighted by molar-refractivity contribution is -0.480. The van der Waals surface area contributed by atoms with Crippen LogP contribution in [0, 0.1) is 0 Å². The molecule has 0 saturated carbocycles. The number of phenolic OH excluding ortho intramolecular Hbond substituents is 2. The summed E-state index contributed by atoms with van der Waals surface area (Å²) in [5, 5.41) is 25.8. The van der Waals surface area contributed by atoms with Gasteiger partial charge < -0.3 is 42.0 Å². The van der Waals surface area contributed by atoms with E-state index in [4.69, 9.17) is 9.47 Å². The molecule has 6 aromatic rings. The maximum Gasteiger partial charge on any atom is 0.302 e. The number of carbonyl (C=O) groups is 6. The predicted octanol–water partition coefficient (Wildman–Crippen LogP) is 7.51. The number of hydrogen-bond donors (Lipinski definition) is 4. The number of nitrogens with two attached hydrogens (primary N) is 1. The minimum absolute atomic E-state index is 0. The topological polar surface area (TPSA) is 190 Å². The number of nitrogens with one attached hydrogen (secondary N) is 1. The molecule has 12 nitrogen and oxygen atoms in total. The lowest BCUT2D eigenvalue weighted by Crippen LogP contribution is -3.00. The third-order valence-corrected chi connectivity index (χ3v) is 12.9. The Morgan fingerprint density at radius 2 is 0.939 bits per heavy atom. The summed E-state index contributed by atoms with van der Waals surface area (Å²) in [6.07, 6.45) is 1.09. The monoisotopic (exact) mass is 1210 g/mol. The Bertz CT molecular complexity index is 2730. The van der Waals surface area contributed by atoms with Gasteiger partial charge in [0, 0.05) is 64.0 Å². The molecule has 66 heavy (non-hydrogen) atoms. The first-order chi connectivity index (χ1) is 30.5. The number of carbonyl (C=O) groups excluding carboxylic acids is 6. The molecule has 0 heterocycles. The molecule has 5 N–H and O–H groups in total. The van der Waals surface area contributed by atoms with Crippen molar-refractivity contribution >= 4 is 122 Å². The van der Waals surface area contributed by atoms with Crippen molar-refractivity contribution in [3.63, 3.8) is 0 Å². The van der Waals surface area contributed by atoms with Gasteiger partial charge in [-0.15, -0.1) is 0 Å². The number of rotatable bonds is 10. The van der Waals surface area contributed by atoms with Crippen molar-refractivity contribution in [2.75, 3.05) is 18.5 Å². The molecule has 0 radical (unpaired) electrons. The van der Waals surface area contributed by atoms with Crippen LogP contribution in [0.5, 0.6) is 11.5 Å². The molecule has 0 aromatic heterocycles. The molecule has 0 bridgehead atoms. The van der Waals surface area contributed by atoms with Gasteiger partial charge in [0.25, 0.3) is 0 Å². The number of aromatic hydroxyl groups is 2. The van der Waals surface area contributed by atoms with E-state index < -0.39 is 5.78 Å². The van der Waals surface area contributed by atoms with Gasteiger partial charge >= 0.3 is 11.9 Å². The number of ketones is 4. The number of halogens is 5. The van der Waals surface area contributed by atoms with E-state index in [1.165, 1.54) is 26.0 Å². The summed E-state index contributed by atoms with van der Waals surface area (Å²) < 4.78 is 13.0. The Morgan fingerprint density at radius 1 is 0.561 bits per heavy atom. The normalized spacial score (nSPS) is 11.9. The molecular formula is C49H39Br5N2O10. The fourth-order valence-corrected chi connectivity index (χ4v) is 10.4. The molecule has 8 rings (SSSR count). The van der Waals surface area contributed by atoms with Crippen LogP contribution in [-0.2, 0) is 31.9 Å². The molecule has 0 spiro atoms. The van der Waals surface area contributed by atoms with E-state index >= 15 is 0 Å². The van der Waals surface area contributed by atoms with Crippen molar-refractivity contribution in [3.05, 3.63) is 171 Å². The summed E-state index contributed by atoms with van der Waals surface area (Å²) in [5.41, 5.74) is 5.75. The number of quaternary nitrogens is 1. The third kappa shape index (κ3) is 10.8. The molecule has 0 fully saturated rings. The van der Waals surface area contributed by atoms with Gasteiger partial charge in [-0.3, -0.25) is 34.1 Å². The number of anilines is 2. The highest BCUT2D eigenvalue weighted by molar-refractivity contribution is 9.11. The Labute approximate surface area is 423 Å². The van der Waals surface area contributed by atoms with Crippen molar-refractivity contribution in [2.24, 2.45) is 0 Å². The van der Waals surface area contributed by atoms with Gasteiger partial charge in [0.15, 0.2) is 23.0 Å². The molecule has 2 aliphatic carbocycles. The maximum atomic E-state index is 13.3. The molecular weight excluding hydrogens is 1180 g/mol. The summed E-state index contributed by atoms with van der Waals surface area (Å²) in [7, 11) is 0. The van der Waals surface area contributed by atoms with Crippen LogP contribution in [0.15, 0.2) is 115 Å². The Hall–Kier alpha value is -5.30. The first kappa shape index (κ1) is 51.7. The van der Waals surface area contributed by atoms with E-state index in [2.05, 4.69) is 69.0 Å². The number of ether oxygens (including phenoxy) is 2. The number of phenols is 2. The zero-order chi connectivity index (χ0) is 46.0. The van der Waals surface area contributed by atoms with E-state index in [1.807, 2.05) is 24.3 Å². The van der Waals surface area contributed by atoms with Crippen LogP contribution in [0.1, 0.15) is 96.1 Å². The van der Waals surface area contributed by atoms with Crippen LogP contribution >= 0.6 is 63.7 Å². The lowest BCUT2D eigenvalue weighted by Gasteiger charge is -2.22. The summed E-state index contributed by atoms with van der Waals surface area (Å²) in [5.74, 6) is -2.52. The minimum atomic E-state index is -0.393. The van der Waals surface area contributed by atoms with E-state index in [-0.39, 0.29) is 112 Å². The average molecular weight is 1220 g/mol. The van der Waals surface area contributed by atoms with Gasteiger partial charge in [-0.1, -0.05) is 56.0 Å². The highest BCUT2D eigenvalue weighted by Crippen LogP contribution is 2.42. The van der Waals surface area contributed by atoms with Gasteiger partial charge in [-0.25, -0.2) is 0 Å². The quantitative estimate of drug-likeness (QED) is 0.0603. The second kappa shape index (κ2) is 22.0. The molecule has 2 aliphatic rings. The third-order valence-electron chi connectivity index (χ3n) is 10.3. The van der Waals surface area contributed by atoms with Crippen LogP contribution in [0.25, 0.3) is 0 Å². The Morgan fingerprint density at radius 3 is 1.38 bits per heavy atom. The highest BCUT2D eigenvalue weighted by Gasteiger charge is 2.37. The molecule has 17 heteroatoms. The average Bonchev–Trinajstić information content (AvgIpc) is 3.25. The fraction of sp³-hybridized carbons (Fsp3) is 0.143. The molecule has 0 atom stereocenters. The van der Waals surface area contributed by atoms with Gasteiger partial charge in [0.2, 0.25) is 5.78 Å². The van der Waals surface area contributed by atoms with E-state index in [9.17, 15) is 39.0 Å². The van der Waals surface area contributed by atoms with E-state index in [0.717, 1.165) is 25.8 Å². The summed E-state index contributed by atoms with van der Waals surface area (Å²) >= 11 is 14.2. The first-order valence-corrected chi connectivity index (χ1v) is 22.7. The Kier molecular flexibility index (Phi) is 17.2. The second-order valence-corrected chi connectivity index (χ2v) is 18.0. The van der Waals surface area contributed by atoms with Crippen molar-refractivity contribution in [2.45, 2.75) is 34.1 Å². The molecule has 340 valence electrons. The predicted molar refractivity (Wildman–Crippen MR) is 258 cm³/mol. The van der Waals surface area contributed by atoms with Gasteiger partial charge in [-0.2, -0.15) is 0 Å². The molecule has 0 aliphatic heterocycles. The van der Waals surface area contributed by atoms with Crippen molar-refractivity contribution in [1.82, 2.24) is 0 Å². The SMILES string of the molecule is C.CC(=O)OCCc1cc(Br)c(Nc2ccc(O)c3c2C(=O)c2ccccc2C3=O)c(Br)c1.CC(=O)OCCc1cc(Br)c([NH2+]c2ccc(O)c3c2C(=O)c2ccccc2C3=O)c(Br)c1.[Br-]. The van der Waals surface area contributed by atoms with Crippen molar-refractivity contribution in [1.29, 1.82) is 0 Å². The molecule has 0 amide bonds. The van der Waals surface area contributed by atoms with Crippen molar-refractivity contribution in [3.8, 4) is 11.5 Å².